The molecule has 0 aliphatic heterocycles. The van der Waals surface area contributed by atoms with E-state index >= 15 is 0 Å². The van der Waals surface area contributed by atoms with Crippen molar-refractivity contribution in [3.63, 3.8) is 0 Å². The third-order valence-electron chi connectivity index (χ3n) is 2.85. The summed E-state index contributed by atoms with van der Waals surface area (Å²) in [5.41, 5.74) is -2.74. The molecule has 0 fully saturated rings. The molecule has 1 N–H and O–H groups in total. The minimum absolute atomic E-state index is 0.223. The summed E-state index contributed by atoms with van der Waals surface area (Å²) in [7, 11) is 1.30. The lowest BCUT2D eigenvalue weighted by atomic mass is 10.1. The van der Waals surface area contributed by atoms with Crippen molar-refractivity contribution in [2.24, 2.45) is 0 Å². The number of hydrogen-bond acceptors (Lipinski definition) is 3. The molecule has 1 aromatic rings. The molecule has 0 spiro atoms. The highest BCUT2D eigenvalue weighted by molar-refractivity contribution is 7.99. The van der Waals surface area contributed by atoms with Gasteiger partial charge in [0.1, 0.15) is 11.2 Å². The lowest BCUT2D eigenvalue weighted by molar-refractivity contribution is 0.0274. The van der Waals surface area contributed by atoms with Crippen LogP contribution in [0, 0.1) is 35.1 Å². The zero-order valence-electron chi connectivity index (χ0n) is 13.1. The Morgan fingerprint density at radius 3 is 2.17 bits per heavy atom. The normalized spacial score (nSPS) is 13.4. The van der Waals surface area contributed by atoms with Gasteiger partial charge in [-0.1, -0.05) is 25.2 Å². The van der Waals surface area contributed by atoms with Crippen LogP contribution in [0.25, 0.3) is 0 Å². The van der Waals surface area contributed by atoms with Gasteiger partial charge in [-0.2, -0.15) is 0 Å². The molecule has 0 amide bonds. The Balaban J connectivity index is 3.25. The van der Waals surface area contributed by atoms with Gasteiger partial charge in [0, 0.05) is 7.11 Å². The molecule has 0 bridgehead atoms. The Morgan fingerprint density at radius 1 is 1.13 bits per heavy atom. The van der Waals surface area contributed by atoms with Crippen molar-refractivity contribution in [1.29, 1.82) is 0 Å². The lowest BCUT2D eigenvalue weighted by Gasteiger charge is -2.14. The van der Waals surface area contributed by atoms with Crippen LogP contribution in [0.3, 0.4) is 0 Å². The summed E-state index contributed by atoms with van der Waals surface area (Å²) >= 11 is 0.719. The van der Waals surface area contributed by atoms with Crippen LogP contribution in [0.2, 0.25) is 0 Å². The second-order valence-electron chi connectivity index (χ2n) is 5.12. The monoisotopic (exact) mass is 350 g/mol. The number of halogens is 4. The highest BCUT2D eigenvalue weighted by Gasteiger charge is 2.25. The van der Waals surface area contributed by atoms with Crippen molar-refractivity contribution in [1.82, 2.24) is 0 Å². The largest absolute Gasteiger partial charge is 0.381 e. The zero-order valence-corrected chi connectivity index (χ0v) is 13.9. The van der Waals surface area contributed by atoms with Crippen LogP contribution >= 0.6 is 11.8 Å². The van der Waals surface area contributed by atoms with Gasteiger partial charge < -0.3 is 9.84 Å². The molecule has 1 unspecified atom stereocenters. The van der Waals surface area contributed by atoms with Gasteiger partial charge in [0.05, 0.1) is 11.5 Å². The molecule has 0 radical (unpaired) electrons. The molecule has 0 aromatic heterocycles. The predicted molar refractivity (Wildman–Crippen MR) is 81.3 cm³/mol. The average Bonchev–Trinajstić information content (AvgIpc) is 2.48. The standard InChI is InChI=1S/C16H18F4O2S/c1-4-5-8-23-15-13(19)11(17)10(12(18)14(15)20)6-7-16(2,21)9-22-3/h21H,4-5,8-9H2,1-3H3. The summed E-state index contributed by atoms with van der Waals surface area (Å²) < 4.78 is 60.5. The van der Waals surface area contributed by atoms with Gasteiger partial charge in [0.15, 0.2) is 23.3 Å². The summed E-state index contributed by atoms with van der Waals surface area (Å²) in [6.07, 6.45) is 1.45. The van der Waals surface area contributed by atoms with Crippen molar-refractivity contribution in [2.75, 3.05) is 19.5 Å². The van der Waals surface area contributed by atoms with E-state index in [4.69, 9.17) is 0 Å². The third-order valence-corrected chi connectivity index (χ3v) is 3.99. The second kappa shape index (κ2) is 8.57. The SMILES string of the molecule is CCCCSc1c(F)c(F)c(C#CC(C)(O)COC)c(F)c1F. The molecular weight excluding hydrogens is 332 g/mol. The first kappa shape index (κ1) is 19.8. The fourth-order valence-corrected chi connectivity index (χ4v) is 2.75. The molecule has 128 valence electrons. The van der Waals surface area contributed by atoms with Crippen LogP contribution in [-0.4, -0.2) is 30.2 Å². The maximum atomic E-state index is 14.0. The lowest BCUT2D eigenvalue weighted by Crippen LogP contribution is -2.27. The Labute approximate surface area is 137 Å². The molecule has 7 heteroatoms. The summed E-state index contributed by atoms with van der Waals surface area (Å²) in [6.45, 7) is 2.92. The van der Waals surface area contributed by atoms with Crippen LogP contribution in [-0.2, 0) is 4.74 Å². The van der Waals surface area contributed by atoms with Gasteiger partial charge in [-0.05, 0) is 19.1 Å². The maximum Gasteiger partial charge on any atom is 0.178 e. The van der Waals surface area contributed by atoms with Crippen molar-refractivity contribution in [2.45, 2.75) is 37.2 Å². The molecule has 1 rings (SSSR count). The van der Waals surface area contributed by atoms with Crippen LogP contribution in [0.1, 0.15) is 32.3 Å². The number of thioether (sulfide) groups is 1. The van der Waals surface area contributed by atoms with Crippen molar-refractivity contribution in [3.05, 3.63) is 28.8 Å². The first-order chi connectivity index (χ1) is 10.7. The number of aliphatic hydroxyl groups is 1. The van der Waals surface area contributed by atoms with Crippen LogP contribution in [0.5, 0.6) is 0 Å². The van der Waals surface area contributed by atoms with E-state index in [0.717, 1.165) is 18.2 Å². The molecule has 0 saturated carbocycles. The van der Waals surface area contributed by atoms with Gasteiger partial charge >= 0.3 is 0 Å². The highest BCUT2D eigenvalue weighted by Crippen LogP contribution is 2.31. The summed E-state index contributed by atoms with van der Waals surface area (Å²) in [5, 5.41) is 9.76. The Hall–Kier alpha value is -1.23. The molecule has 1 atom stereocenters. The van der Waals surface area contributed by atoms with Gasteiger partial charge in [-0.3, -0.25) is 0 Å². The molecular formula is C16H18F4O2S. The predicted octanol–water partition coefficient (Wildman–Crippen LogP) is 3.88. The second-order valence-corrected chi connectivity index (χ2v) is 6.22. The van der Waals surface area contributed by atoms with Gasteiger partial charge in [0.2, 0.25) is 0 Å². The number of methoxy groups -OCH3 is 1. The van der Waals surface area contributed by atoms with E-state index in [0.29, 0.717) is 12.2 Å². The number of rotatable bonds is 6. The minimum Gasteiger partial charge on any atom is -0.381 e. The smallest absolute Gasteiger partial charge is 0.178 e. The number of hydrogen-bond donors (Lipinski definition) is 1. The van der Waals surface area contributed by atoms with Crippen molar-refractivity contribution < 1.29 is 27.4 Å². The topological polar surface area (TPSA) is 29.5 Å². The number of benzene rings is 1. The first-order valence-corrected chi connectivity index (χ1v) is 7.97. The Bertz CT molecular complexity index is 592. The minimum atomic E-state index is -1.70. The molecule has 1 aromatic carbocycles. The molecule has 0 heterocycles. The quantitative estimate of drug-likeness (QED) is 0.278. The van der Waals surface area contributed by atoms with E-state index in [2.05, 4.69) is 10.7 Å². The van der Waals surface area contributed by atoms with Gasteiger partial charge in [0.25, 0.3) is 0 Å². The number of unbranched alkanes of at least 4 members (excludes halogenated alkanes) is 1. The Morgan fingerprint density at radius 2 is 1.70 bits per heavy atom. The average molecular weight is 350 g/mol. The van der Waals surface area contributed by atoms with Crippen LogP contribution in [0.15, 0.2) is 4.90 Å². The Kier molecular flexibility index (Phi) is 7.39. The maximum absolute atomic E-state index is 14.0. The van der Waals surface area contributed by atoms with E-state index in [9.17, 15) is 22.7 Å². The zero-order chi connectivity index (χ0) is 17.6. The summed E-state index contributed by atoms with van der Waals surface area (Å²) in [4.78, 5) is -0.692. The molecule has 23 heavy (non-hydrogen) atoms. The van der Waals surface area contributed by atoms with Gasteiger partial charge in [-0.15, -0.1) is 11.8 Å². The van der Waals surface area contributed by atoms with E-state index in [1.807, 2.05) is 12.8 Å². The van der Waals surface area contributed by atoms with E-state index < -0.39 is 39.3 Å². The van der Waals surface area contributed by atoms with Crippen molar-refractivity contribution >= 4 is 11.8 Å². The third kappa shape index (κ3) is 5.13. The fourth-order valence-electron chi connectivity index (χ4n) is 1.68. The van der Waals surface area contributed by atoms with E-state index in [1.54, 1.807) is 0 Å². The van der Waals surface area contributed by atoms with E-state index in [1.165, 1.54) is 14.0 Å². The molecule has 0 saturated heterocycles. The highest BCUT2D eigenvalue weighted by atomic mass is 32.2. The summed E-state index contributed by atoms with van der Waals surface area (Å²) in [6, 6.07) is 0. The van der Waals surface area contributed by atoms with Crippen LogP contribution < -0.4 is 0 Å². The molecule has 0 aliphatic rings. The fraction of sp³-hybridized carbons (Fsp3) is 0.500. The number of ether oxygens (including phenoxy) is 1. The van der Waals surface area contributed by atoms with E-state index in [-0.39, 0.29) is 6.61 Å². The molecule has 0 aliphatic carbocycles. The van der Waals surface area contributed by atoms with Crippen LogP contribution in [0.4, 0.5) is 17.6 Å². The molecule has 2 nitrogen and oxygen atoms in total. The van der Waals surface area contributed by atoms with Crippen molar-refractivity contribution in [3.8, 4) is 11.8 Å². The van der Waals surface area contributed by atoms with Gasteiger partial charge in [-0.25, -0.2) is 17.6 Å². The summed E-state index contributed by atoms with van der Waals surface area (Å²) in [5.74, 6) is -1.62. The first-order valence-electron chi connectivity index (χ1n) is 6.98.